The normalized spacial score (nSPS) is 15.2. The Kier molecular flexibility index (Phi) is 6.32. The number of benzene rings is 3. The number of methoxy groups -OCH3 is 1. The van der Waals surface area contributed by atoms with Crippen LogP contribution in [0.15, 0.2) is 58.8 Å². The summed E-state index contributed by atoms with van der Waals surface area (Å²) in [7, 11) is 1.33. The molecule has 0 radical (unpaired) electrons. The lowest BCUT2D eigenvalue weighted by Crippen LogP contribution is -2.14. The first-order valence-corrected chi connectivity index (χ1v) is 11.6. The Bertz CT molecular complexity index is 1360. The Morgan fingerprint density at radius 1 is 1.14 bits per heavy atom. The van der Waals surface area contributed by atoms with Crippen LogP contribution in [0.4, 0.5) is 0 Å². The van der Waals surface area contributed by atoms with Crippen LogP contribution < -0.4 is 14.2 Å². The summed E-state index contributed by atoms with van der Waals surface area (Å²) in [6, 6.07) is 14.2. The molecule has 0 aromatic heterocycles. The topological polar surface area (TPSA) is 80.3 Å². The Morgan fingerprint density at radius 2 is 1.94 bits per heavy atom. The molecule has 0 unspecified atom stereocenters. The highest BCUT2D eigenvalue weighted by molar-refractivity contribution is 9.10. The van der Waals surface area contributed by atoms with Crippen molar-refractivity contribution in [1.82, 2.24) is 0 Å². The van der Waals surface area contributed by atoms with Crippen molar-refractivity contribution < 1.29 is 33.3 Å². The highest BCUT2D eigenvalue weighted by atomic mass is 79.9. The van der Waals surface area contributed by atoms with Gasteiger partial charge < -0.3 is 23.7 Å². The van der Waals surface area contributed by atoms with Crippen molar-refractivity contribution in [2.75, 3.05) is 13.9 Å². The SMILES string of the molecule is COC(=O)c1ccc(/C=C2\Oc3cc(OCc4cc(Br)cc5c4OCOC5)cc(C)c3C2=O)cc1. The second-order valence-corrected chi connectivity index (χ2v) is 9.03. The molecule has 0 amide bonds. The summed E-state index contributed by atoms with van der Waals surface area (Å²) in [5.41, 5.74) is 4.27. The molecule has 2 aliphatic heterocycles. The van der Waals surface area contributed by atoms with Crippen molar-refractivity contribution in [3.63, 3.8) is 0 Å². The van der Waals surface area contributed by atoms with Crippen LogP contribution in [0.5, 0.6) is 17.2 Å². The third kappa shape index (κ3) is 4.67. The van der Waals surface area contributed by atoms with Crippen LogP contribution in [-0.2, 0) is 22.7 Å². The minimum atomic E-state index is -0.420. The van der Waals surface area contributed by atoms with Gasteiger partial charge in [-0.3, -0.25) is 4.79 Å². The molecule has 35 heavy (non-hydrogen) atoms. The van der Waals surface area contributed by atoms with E-state index < -0.39 is 5.97 Å². The highest BCUT2D eigenvalue weighted by Gasteiger charge is 2.30. The monoisotopic (exact) mass is 536 g/mol. The van der Waals surface area contributed by atoms with Crippen LogP contribution in [0, 0.1) is 6.92 Å². The van der Waals surface area contributed by atoms with E-state index in [1.165, 1.54) is 7.11 Å². The predicted octanol–water partition coefficient (Wildman–Crippen LogP) is 5.61. The summed E-state index contributed by atoms with van der Waals surface area (Å²) < 4.78 is 28.6. The summed E-state index contributed by atoms with van der Waals surface area (Å²) in [5.74, 6) is 1.39. The number of fused-ring (bicyclic) bond motifs is 2. The van der Waals surface area contributed by atoms with Crippen molar-refractivity contribution in [3.05, 3.63) is 92.1 Å². The summed E-state index contributed by atoms with van der Waals surface area (Å²) in [5, 5.41) is 0. The highest BCUT2D eigenvalue weighted by Crippen LogP contribution is 2.38. The van der Waals surface area contributed by atoms with Crippen LogP contribution in [-0.4, -0.2) is 25.7 Å². The Balaban J connectivity index is 1.35. The van der Waals surface area contributed by atoms with Crippen molar-refractivity contribution in [2.45, 2.75) is 20.1 Å². The molecule has 0 fully saturated rings. The molecule has 0 spiro atoms. The number of halogens is 1. The molecule has 0 N–H and O–H groups in total. The average Bonchev–Trinajstić information content (AvgIpc) is 3.17. The molecule has 0 saturated heterocycles. The minimum absolute atomic E-state index is 0.199. The van der Waals surface area contributed by atoms with Gasteiger partial charge in [-0.2, -0.15) is 0 Å². The molecule has 2 heterocycles. The van der Waals surface area contributed by atoms with Gasteiger partial charge in [-0.1, -0.05) is 28.1 Å². The first-order chi connectivity index (χ1) is 16.9. The van der Waals surface area contributed by atoms with Crippen molar-refractivity contribution in [1.29, 1.82) is 0 Å². The number of ether oxygens (including phenoxy) is 5. The standard InChI is InChI=1S/C27H21BrO7/c1-15-7-21(33-13-19-10-20(28)9-18-12-32-14-34-26(18)19)11-22-24(15)25(29)23(35-22)8-16-3-5-17(6-4-16)27(30)31-2/h3-11H,12-14H2,1-2H3/b23-8-. The predicted molar refractivity (Wildman–Crippen MR) is 131 cm³/mol. The van der Waals surface area contributed by atoms with E-state index in [4.69, 9.17) is 23.7 Å². The van der Waals surface area contributed by atoms with Crippen molar-refractivity contribution in [2.24, 2.45) is 0 Å². The van der Waals surface area contributed by atoms with E-state index in [2.05, 4.69) is 15.9 Å². The Morgan fingerprint density at radius 3 is 2.71 bits per heavy atom. The average molecular weight is 537 g/mol. The smallest absolute Gasteiger partial charge is 0.337 e. The third-order valence-electron chi connectivity index (χ3n) is 5.72. The molecule has 3 aromatic carbocycles. The molecule has 0 atom stereocenters. The molecular weight excluding hydrogens is 516 g/mol. The second-order valence-electron chi connectivity index (χ2n) is 8.12. The van der Waals surface area contributed by atoms with Gasteiger partial charge in [0, 0.05) is 21.7 Å². The van der Waals surface area contributed by atoms with E-state index in [1.807, 2.05) is 25.1 Å². The van der Waals surface area contributed by atoms with Gasteiger partial charge in [0.15, 0.2) is 12.6 Å². The molecule has 8 heteroatoms. The van der Waals surface area contributed by atoms with E-state index in [0.29, 0.717) is 29.2 Å². The number of carbonyl (C=O) groups is 2. The Hall–Kier alpha value is -3.62. The number of rotatable bonds is 5. The molecule has 7 nitrogen and oxygen atoms in total. The summed E-state index contributed by atoms with van der Waals surface area (Å²) >= 11 is 3.52. The van der Waals surface area contributed by atoms with Gasteiger partial charge in [-0.15, -0.1) is 0 Å². The van der Waals surface area contributed by atoms with Crippen LogP contribution in [0.1, 0.15) is 43.0 Å². The largest absolute Gasteiger partial charge is 0.489 e. The van der Waals surface area contributed by atoms with E-state index >= 15 is 0 Å². The molecule has 3 aromatic rings. The van der Waals surface area contributed by atoms with E-state index in [1.54, 1.807) is 36.4 Å². The maximum absolute atomic E-state index is 13.0. The summed E-state index contributed by atoms with van der Waals surface area (Å²) in [6.45, 7) is 2.82. The van der Waals surface area contributed by atoms with Gasteiger partial charge in [0.1, 0.15) is 23.9 Å². The first-order valence-electron chi connectivity index (χ1n) is 10.8. The molecule has 0 saturated carbocycles. The van der Waals surface area contributed by atoms with Gasteiger partial charge >= 0.3 is 5.97 Å². The molecule has 2 aliphatic rings. The quantitative estimate of drug-likeness (QED) is 0.310. The number of aryl methyl sites for hydroxylation is 1. The van der Waals surface area contributed by atoms with Crippen molar-refractivity contribution >= 4 is 33.8 Å². The van der Waals surface area contributed by atoms with Gasteiger partial charge in [0.25, 0.3) is 0 Å². The lowest BCUT2D eigenvalue weighted by molar-refractivity contribution is -0.0176. The molecule has 0 aliphatic carbocycles. The maximum atomic E-state index is 13.0. The van der Waals surface area contributed by atoms with Gasteiger partial charge in [-0.25, -0.2) is 4.79 Å². The second kappa shape index (κ2) is 9.56. The van der Waals surface area contributed by atoms with Crippen LogP contribution in [0.2, 0.25) is 0 Å². The fourth-order valence-corrected chi connectivity index (χ4v) is 4.62. The van der Waals surface area contributed by atoms with E-state index in [0.717, 1.165) is 32.5 Å². The number of carbonyl (C=O) groups excluding carboxylic acids is 2. The van der Waals surface area contributed by atoms with Gasteiger partial charge in [-0.05, 0) is 54.5 Å². The van der Waals surface area contributed by atoms with Crippen LogP contribution in [0.25, 0.3) is 6.08 Å². The number of Topliss-reactive ketones (excluding diaryl/α,β-unsaturated/α-hetero) is 1. The van der Waals surface area contributed by atoms with Gasteiger partial charge in [0.2, 0.25) is 5.78 Å². The molecule has 0 bridgehead atoms. The summed E-state index contributed by atoms with van der Waals surface area (Å²) in [6.07, 6.45) is 1.65. The molecule has 5 rings (SSSR count). The van der Waals surface area contributed by atoms with Gasteiger partial charge in [0.05, 0.1) is 24.8 Å². The number of hydrogen-bond donors (Lipinski definition) is 0. The fraction of sp³-hybridized carbons (Fsp3) is 0.185. The van der Waals surface area contributed by atoms with E-state index in [-0.39, 0.29) is 24.9 Å². The lowest BCUT2D eigenvalue weighted by atomic mass is 10.0. The van der Waals surface area contributed by atoms with Crippen molar-refractivity contribution in [3.8, 4) is 17.2 Å². The third-order valence-corrected chi connectivity index (χ3v) is 6.18. The molecular formula is C27H21BrO7. The Labute approximate surface area is 210 Å². The number of hydrogen-bond acceptors (Lipinski definition) is 7. The zero-order valence-electron chi connectivity index (χ0n) is 19.1. The fourth-order valence-electron chi connectivity index (χ4n) is 4.07. The molecule has 178 valence electrons. The minimum Gasteiger partial charge on any atom is -0.489 e. The first kappa shape index (κ1) is 23.1. The zero-order valence-corrected chi connectivity index (χ0v) is 20.6. The summed E-state index contributed by atoms with van der Waals surface area (Å²) in [4.78, 5) is 24.6. The van der Waals surface area contributed by atoms with Crippen LogP contribution in [0.3, 0.4) is 0 Å². The zero-order chi connectivity index (χ0) is 24.5. The lowest BCUT2D eigenvalue weighted by Gasteiger charge is -2.21. The number of esters is 1. The maximum Gasteiger partial charge on any atom is 0.337 e. The number of ketones is 1. The van der Waals surface area contributed by atoms with E-state index in [9.17, 15) is 9.59 Å². The van der Waals surface area contributed by atoms with Crippen LogP contribution >= 0.6 is 15.9 Å². The number of allylic oxidation sites excluding steroid dienone is 1.